The first-order valence-electron chi connectivity index (χ1n) is 19.9. The molecule has 0 bridgehead atoms. The van der Waals surface area contributed by atoms with Gasteiger partial charge in [-0.2, -0.15) is 0 Å². The molecule has 5 aromatic rings. The maximum absolute atomic E-state index is 5.55. The Morgan fingerprint density at radius 1 is 0.317 bits per heavy atom. The Labute approximate surface area is 373 Å². The van der Waals surface area contributed by atoms with Crippen molar-refractivity contribution in [2.24, 2.45) is 0 Å². The summed E-state index contributed by atoms with van der Waals surface area (Å²) < 4.78 is 27.7. The van der Waals surface area contributed by atoms with Crippen LogP contribution in [0.5, 0.6) is 28.7 Å². The van der Waals surface area contributed by atoms with Crippen LogP contribution in [0.25, 0.3) is 0 Å². The molecule has 10 radical (unpaired) electrons. The van der Waals surface area contributed by atoms with Crippen LogP contribution in [-0.2, 0) is 17.1 Å². The van der Waals surface area contributed by atoms with Gasteiger partial charge in [-0.3, -0.25) is 0 Å². The zero-order valence-electron chi connectivity index (χ0n) is 36.7. The van der Waals surface area contributed by atoms with E-state index in [-0.39, 0.29) is 25.0 Å². The third-order valence-electron chi connectivity index (χ3n) is 10.4. The van der Waals surface area contributed by atoms with E-state index in [2.05, 4.69) is 128 Å². The van der Waals surface area contributed by atoms with Crippen molar-refractivity contribution < 1.29 is 40.8 Å². The van der Waals surface area contributed by atoms with E-state index in [1.807, 2.05) is 60.7 Å². The Balaban J connectivity index is 0.000000388. The maximum atomic E-state index is 5.55. The average molecular weight is 861 g/mol. The number of hydrogen-bond acceptors (Lipinski definition) is 5. The van der Waals surface area contributed by atoms with Crippen LogP contribution >= 0.6 is 7.92 Å². The van der Waals surface area contributed by atoms with Crippen LogP contribution in [0, 0.1) is 60.9 Å². The molecule has 310 valence electrons. The summed E-state index contributed by atoms with van der Waals surface area (Å²) in [5, 5.41) is 0.782. The van der Waals surface area contributed by atoms with Gasteiger partial charge in [0.15, 0.2) is 0 Å². The molecule has 7 heteroatoms. The van der Waals surface area contributed by atoms with Gasteiger partial charge < -0.3 is 23.7 Å². The summed E-state index contributed by atoms with van der Waals surface area (Å²) in [4.78, 5) is 0. The van der Waals surface area contributed by atoms with Crippen LogP contribution < -0.4 is 23.7 Å². The number of methoxy groups -OCH3 is 5. The van der Waals surface area contributed by atoms with Crippen molar-refractivity contribution in [1.82, 2.24) is 0 Å². The van der Waals surface area contributed by atoms with E-state index >= 15 is 0 Å². The monoisotopic (exact) mass is 860 g/mol. The number of benzene rings is 5. The first kappa shape index (κ1) is 47.1. The summed E-state index contributed by atoms with van der Waals surface area (Å²) in [6.45, 7) is 14.1. The standard InChI is InChI=1S/C40H35O5.C13H22P.Fe/c1-41-31-16-6-26(7-17-31)36-37(27-8-18-32(42-2)19-9-27)39(29-12-22-34(44-4)23-13-29)40(30-14-24-35(45-5)25-15-30)38(36)28-10-20-33(43-3)21-11-28;1-12(2,3)14(13(4,5)6)11-9-7-8-10-11;/h6-25H,1-5H3;7-10H,1-6H3;/q;;+2. The molecular formula is C53H57FeO5P+2. The molecule has 0 atom stereocenters. The molecule has 0 unspecified atom stereocenters. The fraction of sp³-hybridized carbons (Fsp3) is 0.245. The zero-order valence-corrected chi connectivity index (χ0v) is 38.7. The second kappa shape index (κ2) is 20.7. The Bertz CT molecular complexity index is 1710. The maximum Gasteiger partial charge on any atom is 2.00 e. The Morgan fingerprint density at radius 2 is 0.500 bits per heavy atom. The predicted molar refractivity (Wildman–Crippen MR) is 244 cm³/mol. The molecular weight excluding hydrogens is 803 g/mol. The van der Waals surface area contributed by atoms with Crippen molar-refractivity contribution in [2.75, 3.05) is 35.5 Å². The summed E-state index contributed by atoms with van der Waals surface area (Å²) in [5.74, 6) is 9.57. The largest absolute Gasteiger partial charge is 2.00 e. The summed E-state index contributed by atoms with van der Waals surface area (Å²) >= 11 is 0. The molecule has 5 nitrogen and oxygen atoms in total. The molecule has 0 N–H and O–H groups in total. The molecule has 0 heterocycles. The van der Waals surface area contributed by atoms with Crippen molar-refractivity contribution in [3.63, 3.8) is 0 Å². The van der Waals surface area contributed by atoms with Crippen LogP contribution in [0.2, 0.25) is 0 Å². The van der Waals surface area contributed by atoms with Crippen molar-refractivity contribution in [2.45, 2.75) is 51.9 Å². The molecule has 0 saturated heterocycles. The third kappa shape index (κ3) is 10.7. The Morgan fingerprint density at radius 3 is 0.650 bits per heavy atom. The molecule has 2 aliphatic carbocycles. The van der Waals surface area contributed by atoms with Gasteiger partial charge in [0.1, 0.15) is 28.7 Å². The van der Waals surface area contributed by atoms with Gasteiger partial charge in [0.05, 0.1) is 35.5 Å². The van der Waals surface area contributed by atoms with Crippen molar-refractivity contribution in [3.05, 3.63) is 210 Å². The molecule has 60 heavy (non-hydrogen) atoms. The second-order valence-electron chi connectivity index (χ2n) is 16.3. The van der Waals surface area contributed by atoms with E-state index in [0.717, 1.165) is 86.2 Å². The smallest absolute Gasteiger partial charge is 0.497 e. The van der Waals surface area contributed by atoms with Gasteiger partial charge >= 0.3 is 17.1 Å². The van der Waals surface area contributed by atoms with Crippen LogP contribution in [-0.4, -0.2) is 45.9 Å². The van der Waals surface area contributed by atoms with E-state index in [4.69, 9.17) is 23.7 Å². The van der Waals surface area contributed by atoms with Gasteiger partial charge in [0.2, 0.25) is 0 Å². The Hall–Kier alpha value is -3.95. The predicted octanol–water partition coefficient (Wildman–Crippen LogP) is 12.6. The molecule has 2 saturated carbocycles. The summed E-state index contributed by atoms with van der Waals surface area (Å²) in [5.41, 5.74) is 6.90. The second-order valence-corrected chi connectivity index (χ2v) is 20.2. The normalized spacial score (nSPS) is 15.9. The van der Waals surface area contributed by atoms with Gasteiger partial charge in [-0.05, 0) is 124 Å². The van der Waals surface area contributed by atoms with E-state index in [1.165, 1.54) is 0 Å². The third-order valence-corrected chi connectivity index (χ3v) is 13.9. The molecule has 2 fully saturated rings. The van der Waals surface area contributed by atoms with Crippen LogP contribution in [0.3, 0.4) is 0 Å². The fourth-order valence-electron chi connectivity index (χ4n) is 8.15. The first-order valence-corrected chi connectivity index (χ1v) is 21.3. The summed E-state index contributed by atoms with van der Waals surface area (Å²) in [7, 11) is 8.33. The summed E-state index contributed by atoms with van der Waals surface area (Å²) in [6, 6.07) is 41.4. The molecule has 0 spiro atoms. The van der Waals surface area contributed by atoms with Crippen molar-refractivity contribution in [3.8, 4) is 28.7 Å². The zero-order chi connectivity index (χ0) is 42.3. The van der Waals surface area contributed by atoms with Crippen LogP contribution in [0.1, 0.15) is 69.4 Å². The van der Waals surface area contributed by atoms with Crippen molar-refractivity contribution in [1.29, 1.82) is 0 Å². The van der Waals surface area contributed by atoms with Crippen LogP contribution in [0.4, 0.5) is 0 Å². The molecule has 0 aromatic heterocycles. The van der Waals surface area contributed by atoms with Crippen LogP contribution in [0.15, 0.2) is 121 Å². The van der Waals surface area contributed by atoms with Gasteiger partial charge in [-0.1, -0.05) is 110 Å². The molecule has 7 rings (SSSR count). The summed E-state index contributed by atoms with van der Waals surface area (Å²) in [6.07, 6.45) is 8.87. The average Bonchev–Trinajstić information content (AvgIpc) is 3.90. The van der Waals surface area contributed by atoms with E-state index in [9.17, 15) is 0 Å². The van der Waals surface area contributed by atoms with Crippen molar-refractivity contribution >= 4 is 7.92 Å². The van der Waals surface area contributed by atoms with Gasteiger partial charge in [0, 0.05) is 35.2 Å². The van der Waals surface area contributed by atoms with Gasteiger partial charge in [-0.25, -0.2) is 0 Å². The Kier molecular flexibility index (Phi) is 16.3. The van der Waals surface area contributed by atoms with Gasteiger partial charge in [0.25, 0.3) is 0 Å². The number of ether oxygens (including phenoxy) is 5. The fourth-order valence-corrected chi connectivity index (χ4v) is 12.2. The quantitative estimate of drug-likeness (QED) is 0.0978. The molecule has 0 amide bonds. The van der Waals surface area contributed by atoms with Gasteiger partial charge in [-0.15, -0.1) is 0 Å². The van der Waals surface area contributed by atoms with E-state index in [0.29, 0.717) is 10.3 Å². The molecule has 5 aromatic carbocycles. The van der Waals surface area contributed by atoms with E-state index < -0.39 is 0 Å². The minimum Gasteiger partial charge on any atom is -0.497 e. The SMILES string of the molecule is CC(C)(C)P([C]1[CH][CH][CH][CH]1)C(C)(C)C.COc1ccc([C]2[C](c3ccc(OC)cc3)[C](c3ccc(OC)cc3)[C](c3ccc(OC)cc3)[C]2c2ccc(OC)cc2)cc1.[Fe+2]. The molecule has 0 aliphatic heterocycles. The minimum atomic E-state index is -0.101. The van der Waals surface area contributed by atoms with E-state index in [1.54, 1.807) is 41.2 Å². The topological polar surface area (TPSA) is 46.2 Å². The molecule has 2 aliphatic rings. The minimum absolute atomic E-state index is 0. The number of hydrogen-bond donors (Lipinski definition) is 0. The number of rotatable bonds is 11. The first-order chi connectivity index (χ1) is 28.3.